The number of thiophene rings is 1. The molecular weight excluding hydrogens is 354 g/mol. The molecule has 1 aromatic heterocycles. The Morgan fingerprint density at radius 3 is 2.42 bits per heavy atom. The second-order valence-electron chi connectivity index (χ2n) is 5.58. The molecule has 0 radical (unpaired) electrons. The second kappa shape index (κ2) is 9.15. The minimum atomic E-state index is -0.502. The Morgan fingerprint density at radius 2 is 1.77 bits per heavy atom. The topological polar surface area (TPSA) is 81.7 Å². The van der Waals surface area contributed by atoms with Gasteiger partial charge in [0.25, 0.3) is 5.91 Å². The highest BCUT2D eigenvalue weighted by Gasteiger charge is 2.22. The van der Waals surface area contributed by atoms with Gasteiger partial charge in [-0.05, 0) is 31.9 Å². The van der Waals surface area contributed by atoms with Crippen molar-refractivity contribution in [3.63, 3.8) is 0 Å². The summed E-state index contributed by atoms with van der Waals surface area (Å²) < 4.78 is 10.0. The van der Waals surface area contributed by atoms with Crippen LogP contribution in [0.4, 0.5) is 5.00 Å². The van der Waals surface area contributed by atoms with Crippen molar-refractivity contribution >= 4 is 34.2 Å². The van der Waals surface area contributed by atoms with Crippen LogP contribution in [0.5, 0.6) is 0 Å². The van der Waals surface area contributed by atoms with E-state index in [4.69, 9.17) is 9.47 Å². The third kappa shape index (κ3) is 5.16. The summed E-state index contributed by atoms with van der Waals surface area (Å²) in [6, 6.07) is 9.13. The number of esters is 2. The molecule has 138 valence electrons. The number of amides is 1. The predicted octanol–water partition coefficient (Wildman–Crippen LogP) is 3.27. The first-order valence-corrected chi connectivity index (χ1v) is 9.00. The number of carbonyl (C=O) groups is 3. The van der Waals surface area contributed by atoms with Crippen molar-refractivity contribution in [1.82, 2.24) is 0 Å². The zero-order valence-corrected chi connectivity index (χ0v) is 15.8. The van der Waals surface area contributed by atoms with E-state index in [0.717, 1.165) is 16.0 Å². The van der Waals surface area contributed by atoms with E-state index in [-0.39, 0.29) is 13.0 Å². The van der Waals surface area contributed by atoms with Gasteiger partial charge >= 0.3 is 11.9 Å². The van der Waals surface area contributed by atoms with Crippen LogP contribution in [-0.2, 0) is 25.5 Å². The molecule has 1 aromatic carbocycles. The first-order chi connectivity index (χ1) is 12.4. The Hall–Kier alpha value is -2.67. The fraction of sp³-hybridized carbons (Fsp3) is 0.316. The maximum Gasteiger partial charge on any atom is 0.341 e. The summed E-state index contributed by atoms with van der Waals surface area (Å²) in [5, 5.41) is 3.04. The SMILES string of the molecule is CCOC(=O)c1c(NC(=O)COC(=O)Cc2ccccc2)sc(C)c1C. The molecule has 0 fully saturated rings. The molecule has 0 saturated heterocycles. The van der Waals surface area contributed by atoms with E-state index in [1.54, 1.807) is 13.8 Å². The number of benzene rings is 1. The van der Waals surface area contributed by atoms with E-state index in [1.807, 2.05) is 37.3 Å². The normalized spacial score (nSPS) is 10.3. The van der Waals surface area contributed by atoms with Crippen LogP contribution in [0.1, 0.15) is 33.3 Å². The standard InChI is InChI=1S/C19H21NO5S/c1-4-24-19(23)17-12(2)13(3)26-18(17)20-15(21)11-25-16(22)10-14-8-6-5-7-9-14/h5-9H,4,10-11H2,1-3H3,(H,20,21). The van der Waals surface area contributed by atoms with E-state index in [1.165, 1.54) is 11.3 Å². The quantitative estimate of drug-likeness (QED) is 0.751. The average Bonchev–Trinajstić information content (AvgIpc) is 2.88. The molecule has 1 N–H and O–H groups in total. The molecule has 2 aromatic rings. The zero-order chi connectivity index (χ0) is 19.1. The largest absolute Gasteiger partial charge is 0.462 e. The highest BCUT2D eigenvalue weighted by Crippen LogP contribution is 2.33. The van der Waals surface area contributed by atoms with Gasteiger partial charge in [0.2, 0.25) is 0 Å². The van der Waals surface area contributed by atoms with Crippen molar-refractivity contribution in [2.45, 2.75) is 27.2 Å². The molecule has 26 heavy (non-hydrogen) atoms. The highest BCUT2D eigenvalue weighted by molar-refractivity contribution is 7.16. The Morgan fingerprint density at radius 1 is 1.08 bits per heavy atom. The van der Waals surface area contributed by atoms with Crippen LogP contribution in [0.15, 0.2) is 30.3 Å². The molecule has 0 aliphatic heterocycles. The van der Waals surface area contributed by atoms with Crippen molar-refractivity contribution in [3.8, 4) is 0 Å². The predicted molar refractivity (Wildman–Crippen MR) is 99.5 cm³/mol. The van der Waals surface area contributed by atoms with E-state index in [9.17, 15) is 14.4 Å². The van der Waals surface area contributed by atoms with Crippen LogP contribution in [-0.4, -0.2) is 31.1 Å². The molecule has 2 rings (SSSR count). The minimum Gasteiger partial charge on any atom is -0.462 e. The lowest BCUT2D eigenvalue weighted by Crippen LogP contribution is -2.22. The molecule has 0 aliphatic carbocycles. The first-order valence-electron chi connectivity index (χ1n) is 8.18. The maximum atomic E-state index is 12.1. The number of nitrogens with one attached hydrogen (secondary N) is 1. The Bertz CT molecular complexity index is 798. The summed E-state index contributed by atoms with van der Waals surface area (Å²) in [5.41, 5.74) is 1.93. The van der Waals surface area contributed by atoms with Gasteiger partial charge in [-0.3, -0.25) is 9.59 Å². The second-order valence-corrected chi connectivity index (χ2v) is 6.80. The Balaban J connectivity index is 1.94. The van der Waals surface area contributed by atoms with Crippen molar-refractivity contribution in [1.29, 1.82) is 0 Å². The summed E-state index contributed by atoms with van der Waals surface area (Å²) in [7, 11) is 0. The van der Waals surface area contributed by atoms with Crippen LogP contribution in [0.2, 0.25) is 0 Å². The molecular formula is C19H21NO5S. The highest BCUT2D eigenvalue weighted by atomic mass is 32.1. The van der Waals surface area contributed by atoms with Crippen molar-refractivity contribution < 1.29 is 23.9 Å². The van der Waals surface area contributed by atoms with Crippen LogP contribution < -0.4 is 5.32 Å². The average molecular weight is 375 g/mol. The summed E-state index contributed by atoms with van der Waals surface area (Å²) in [6.45, 7) is 5.21. The van der Waals surface area contributed by atoms with Gasteiger partial charge < -0.3 is 14.8 Å². The number of hydrogen-bond acceptors (Lipinski definition) is 6. The summed E-state index contributed by atoms with van der Waals surface area (Å²) in [5.74, 6) is -1.47. The molecule has 0 aliphatic rings. The van der Waals surface area contributed by atoms with Crippen molar-refractivity contribution in [2.24, 2.45) is 0 Å². The number of ether oxygens (including phenoxy) is 2. The monoisotopic (exact) mass is 375 g/mol. The molecule has 0 unspecified atom stereocenters. The number of hydrogen-bond donors (Lipinski definition) is 1. The lowest BCUT2D eigenvalue weighted by Gasteiger charge is -2.08. The number of carbonyl (C=O) groups excluding carboxylic acids is 3. The molecule has 7 heteroatoms. The number of rotatable bonds is 7. The molecule has 0 atom stereocenters. The van der Waals surface area contributed by atoms with Crippen LogP contribution in [0, 0.1) is 13.8 Å². The van der Waals surface area contributed by atoms with Gasteiger partial charge in [-0.15, -0.1) is 11.3 Å². The van der Waals surface area contributed by atoms with Gasteiger partial charge in [0, 0.05) is 4.88 Å². The van der Waals surface area contributed by atoms with Gasteiger partial charge in [-0.25, -0.2) is 4.79 Å². The Labute approximate surface area is 156 Å². The van der Waals surface area contributed by atoms with Gasteiger partial charge in [-0.1, -0.05) is 30.3 Å². The van der Waals surface area contributed by atoms with Crippen molar-refractivity contribution in [2.75, 3.05) is 18.5 Å². The third-order valence-corrected chi connectivity index (χ3v) is 4.80. The minimum absolute atomic E-state index is 0.0966. The van der Waals surface area contributed by atoms with Crippen LogP contribution in [0.3, 0.4) is 0 Å². The zero-order valence-electron chi connectivity index (χ0n) is 15.0. The molecule has 0 saturated carbocycles. The summed E-state index contributed by atoms with van der Waals surface area (Å²) >= 11 is 1.29. The van der Waals surface area contributed by atoms with Gasteiger partial charge in [0.15, 0.2) is 6.61 Å². The summed E-state index contributed by atoms with van der Waals surface area (Å²) in [6.07, 6.45) is 0.0966. The lowest BCUT2D eigenvalue weighted by molar-refractivity contribution is -0.146. The molecule has 0 bridgehead atoms. The maximum absolute atomic E-state index is 12.1. The fourth-order valence-corrected chi connectivity index (χ4v) is 3.35. The molecule has 6 nitrogen and oxygen atoms in total. The smallest absolute Gasteiger partial charge is 0.341 e. The molecule has 1 amide bonds. The van der Waals surface area contributed by atoms with E-state index >= 15 is 0 Å². The lowest BCUT2D eigenvalue weighted by atomic mass is 10.1. The number of aryl methyl sites for hydroxylation is 1. The van der Waals surface area contributed by atoms with E-state index < -0.39 is 24.5 Å². The third-order valence-electron chi connectivity index (χ3n) is 3.67. The fourth-order valence-electron chi connectivity index (χ4n) is 2.29. The summed E-state index contributed by atoms with van der Waals surface area (Å²) in [4.78, 5) is 36.9. The van der Waals surface area contributed by atoms with Gasteiger partial charge in [0.05, 0.1) is 18.6 Å². The van der Waals surface area contributed by atoms with Crippen LogP contribution >= 0.6 is 11.3 Å². The molecule has 0 spiro atoms. The first kappa shape index (κ1) is 19.7. The number of anilines is 1. The van der Waals surface area contributed by atoms with Gasteiger partial charge in [0.1, 0.15) is 5.00 Å². The van der Waals surface area contributed by atoms with E-state index in [2.05, 4.69) is 5.32 Å². The molecule has 1 heterocycles. The van der Waals surface area contributed by atoms with Crippen molar-refractivity contribution in [3.05, 3.63) is 51.9 Å². The van der Waals surface area contributed by atoms with Crippen LogP contribution in [0.25, 0.3) is 0 Å². The van der Waals surface area contributed by atoms with Gasteiger partial charge in [-0.2, -0.15) is 0 Å². The van der Waals surface area contributed by atoms with E-state index in [0.29, 0.717) is 10.6 Å². The Kier molecular flexibility index (Phi) is 6.91.